The Morgan fingerprint density at radius 1 is 1.04 bits per heavy atom. The first-order chi connectivity index (χ1) is 11.3. The third-order valence-electron chi connectivity index (χ3n) is 4.09. The van der Waals surface area contributed by atoms with Gasteiger partial charge < -0.3 is 0 Å². The molecule has 0 N–H and O–H groups in total. The molecule has 0 aliphatic rings. The molecule has 2 aromatic heterocycles. The van der Waals surface area contributed by atoms with Gasteiger partial charge in [-0.05, 0) is 13.0 Å². The minimum absolute atomic E-state index is 0.545. The van der Waals surface area contributed by atoms with Crippen LogP contribution in [-0.2, 0) is 13.2 Å². The Kier molecular flexibility index (Phi) is 4.17. The lowest BCUT2D eigenvalue weighted by Gasteiger charge is -2.12. The number of hydrogen-bond acceptors (Lipinski definition) is 1. The summed E-state index contributed by atoms with van der Waals surface area (Å²) in [6.07, 6.45) is -2.61. The Hall–Kier alpha value is -2.21. The lowest BCUT2D eigenvalue weighted by Crippen LogP contribution is -2.35. The molecule has 2 heterocycles. The summed E-state index contributed by atoms with van der Waals surface area (Å²) in [6.45, 7) is 3.74. The molecule has 0 saturated carbocycles. The van der Waals surface area contributed by atoms with Gasteiger partial charge in [0.15, 0.2) is 18.9 Å². The van der Waals surface area contributed by atoms with E-state index < -0.39 is 11.7 Å². The van der Waals surface area contributed by atoms with Gasteiger partial charge in [-0.15, -0.1) is 3.96 Å². The van der Waals surface area contributed by atoms with Crippen LogP contribution in [0.2, 0.25) is 0 Å². The Morgan fingerprint density at radius 3 is 2.38 bits per heavy atom. The van der Waals surface area contributed by atoms with E-state index in [2.05, 4.69) is 0 Å². The Bertz CT molecular complexity index is 898. The van der Waals surface area contributed by atoms with E-state index in [0.717, 1.165) is 17.0 Å². The molecule has 1 aromatic carbocycles. The van der Waals surface area contributed by atoms with Crippen molar-refractivity contribution in [2.75, 3.05) is 0 Å². The van der Waals surface area contributed by atoms with Crippen LogP contribution in [0.15, 0.2) is 48.0 Å². The zero-order valence-electron chi connectivity index (χ0n) is 13.6. The third-order valence-corrected chi connectivity index (χ3v) is 4.86. The largest absolute Gasteiger partial charge is 0.416 e. The van der Waals surface area contributed by atoms with Gasteiger partial charge in [0.2, 0.25) is 11.4 Å². The van der Waals surface area contributed by atoms with E-state index in [9.17, 15) is 13.2 Å². The first kappa shape index (κ1) is 16.6. The smallest absolute Gasteiger partial charge is 0.166 e. The highest BCUT2D eigenvalue weighted by atomic mass is 32.1. The molecule has 24 heavy (non-hydrogen) atoms. The summed E-state index contributed by atoms with van der Waals surface area (Å²) in [5, 5.41) is 1.87. The molecule has 0 atom stereocenters. The maximum Gasteiger partial charge on any atom is 0.416 e. The average molecular weight is 350 g/mol. The van der Waals surface area contributed by atoms with Gasteiger partial charge >= 0.3 is 6.18 Å². The van der Waals surface area contributed by atoms with Crippen molar-refractivity contribution in [3.8, 4) is 16.9 Å². The van der Waals surface area contributed by atoms with Gasteiger partial charge in [-0.25, -0.2) is 0 Å². The molecule has 0 saturated heterocycles. The Morgan fingerprint density at radius 2 is 1.79 bits per heavy atom. The maximum absolute atomic E-state index is 13.4. The van der Waals surface area contributed by atoms with Crippen molar-refractivity contribution in [3.05, 3.63) is 64.8 Å². The van der Waals surface area contributed by atoms with Crippen molar-refractivity contribution in [3.63, 3.8) is 0 Å². The fraction of sp³-hybridized carbons (Fsp3) is 0.222. The van der Waals surface area contributed by atoms with E-state index >= 15 is 0 Å². The predicted molar refractivity (Wildman–Crippen MR) is 86.9 cm³/mol. The highest BCUT2D eigenvalue weighted by Crippen LogP contribution is 2.35. The number of benzene rings is 1. The van der Waals surface area contributed by atoms with Gasteiger partial charge in [0.25, 0.3) is 0 Å². The fourth-order valence-corrected chi connectivity index (χ4v) is 3.43. The lowest BCUT2D eigenvalue weighted by molar-refractivity contribution is -0.603. The second-order valence-electron chi connectivity index (χ2n) is 5.67. The van der Waals surface area contributed by atoms with E-state index in [1.165, 1.54) is 23.7 Å². The zero-order chi connectivity index (χ0) is 17.5. The summed E-state index contributed by atoms with van der Waals surface area (Å²) in [5.41, 5.74) is 2.97. The van der Waals surface area contributed by atoms with Crippen LogP contribution in [0.4, 0.5) is 13.2 Å². The number of pyridine rings is 1. The SMILES string of the molecule is Cc1c(-c2ccs[n+]2C)cc(C(F)(F)F)cc1-[n+]1ccccc1C. The maximum atomic E-state index is 13.4. The fourth-order valence-electron chi connectivity index (χ4n) is 2.78. The van der Waals surface area contributed by atoms with E-state index in [0.29, 0.717) is 11.3 Å². The Balaban J connectivity index is 2.34. The number of aromatic nitrogens is 2. The molecule has 0 amide bonds. The standard InChI is InChI=1S/C18H17F3N2S/c1-12-6-4-5-8-23(12)17-11-14(18(19,20)21)10-15(13(17)2)16-7-9-24-22(16)3/h4-11H,1-3H3/q+2. The van der Waals surface area contributed by atoms with Crippen LogP contribution < -0.4 is 8.52 Å². The average Bonchev–Trinajstić information content (AvgIpc) is 2.93. The van der Waals surface area contributed by atoms with Crippen LogP contribution in [0.5, 0.6) is 0 Å². The highest BCUT2D eigenvalue weighted by Gasteiger charge is 2.35. The van der Waals surface area contributed by atoms with Crippen LogP contribution in [0.1, 0.15) is 16.8 Å². The molecular formula is C18H17F3N2S+2. The van der Waals surface area contributed by atoms with Crippen molar-refractivity contribution in [2.45, 2.75) is 20.0 Å². The summed E-state index contributed by atoms with van der Waals surface area (Å²) in [5.74, 6) is 0. The molecule has 0 aliphatic heterocycles. The summed E-state index contributed by atoms with van der Waals surface area (Å²) in [6, 6.07) is 9.87. The first-order valence-corrected chi connectivity index (χ1v) is 8.26. The second kappa shape index (κ2) is 6.02. The van der Waals surface area contributed by atoms with Crippen LogP contribution in [0.25, 0.3) is 16.9 Å². The number of rotatable bonds is 2. The summed E-state index contributed by atoms with van der Waals surface area (Å²) in [7, 11) is 1.85. The zero-order valence-corrected chi connectivity index (χ0v) is 14.4. The lowest BCUT2D eigenvalue weighted by atomic mass is 9.99. The van der Waals surface area contributed by atoms with Crippen molar-refractivity contribution < 1.29 is 21.7 Å². The molecular weight excluding hydrogens is 333 g/mol. The molecule has 0 fully saturated rings. The normalized spacial score (nSPS) is 11.8. The minimum atomic E-state index is -4.39. The number of halogens is 3. The molecule has 2 nitrogen and oxygen atoms in total. The van der Waals surface area contributed by atoms with Gasteiger partial charge in [-0.2, -0.15) is 17.7 Å². The molecule has 0 unspecified atom stereocenters. The molecule has 124 valence electrons. The molecule has 0 aliphatic carbocycles. The van der Waals surface area contributed by atoms with Crippen molar-refractivity contribution in [2.24, 2.45) is 7.05 Å². The molecule has 0 spiro atoms. The minimum Gasteiger partial charge on any atom is -0.166 e. The summed E-state index contributed by atoms with van der Waals surface area (Å²) < 4.78 is 43.9. The van der Waals surface area contributed by atoms with Gasteiger partial charge in [-0.1, -0.05) is 6.07 Å². The molecule has 6 heteroatoms. The number of nitrogens with zero attached hydrogens (tertiary/aromatic N) is 2. The monoisotopic (exact) mass is 350 g/mol. The van der Waals surface area contributed by atoms with Gasteiger partial charge in [-0.3, -0.25) is 0 Å². The van der Waals surface area contributed by atoms with Crippen molar-refractivity contribution >= 4 is 11.5 Å². The number of aryl methyl sites for hydroxylation is 2. The number of hydrogen-bond donors (Lipinski definition) is 0. The third kappa shape index (κ3) is 2.94. The predicted octanol–water partition coefficient (Wildman–Crippen LogP) is 4.15. The molecule has 3 rings (SSSR count). The van der Waals surface area contributed by atoms with Gasteiger partial charge in [0, 0.05) is 36.8 Å². The van der Waals surface area contributed by atoms with Gasteiger partial charge in [0.1, 0.15) is 11.5 Å². The van der Waals surface area contributed by atoms with Crippen LogP contribution in [-0.4, -0.2) is 0 Å². The van der Waals surface area contributed by atoms with E-state index in [-0.39, 0.29) is 0 Å². The van der Waals surface area contributed by atoms with E-state index in [1.54, 1.807) is 10.8 Å². The van der Waals surface area contributed by atoms with Gasteiger partial charge in [0.05, 0.1) is 16.5 Å². The van der Waals surface area contributed by atoms with E-state index in [1.807, 2.05) is 54.5 Å². The van der Waals surface area contributed by atoms with Crippen LogP contribution in [0, 0.1) is 13.8 Å². The van der Waals surface area contributed by atoms with Crippen molar-refractivity contribution in [1.29, 1.82) is 0 Å². The van der Waals surface area contributed by atoms with Crippen LogP contribution in [0.3, 0.4) is 0 Å². The summed E-state index contributed by atoms with van der Waals surface area (Å²) >= 11 is 1.45. The first-order valence-electron chi connectivity index (χ1n) is 7.43. The molecule has 3 aromatic rings. The Labute approximate surface area is 142 Å². The number of alkyl halides is 3. The molecule has 0 bridgehead atoms. The van der Waals surface area contributed by atoms with Crippen molar-refractivity contribution in [1.82, 2.24) is 0 Å². The van der Waals surface area contributed by atoms with Crippen LogP contribution >= 0.6 is 11.5 Å². The van der Waals surface area contributed by atoms with E-state index in [4.69, 9.17) is 0 Å². The molecule has 0 radical (unpaired) electrons. The topological polar surface area (TPSA) is 7.76 Å². The summed E-state index contributed by atoms with van der Waals surface area (Å²) in [4.78, 5) is 0. The quantitative estimate of drug-likeness (QED) is 0.614. The second-order valence-corrected chi connectivity index (χ2v) is 6.70. The highest BCUT2D eigenvalue weighted by molar-refractivity contribution is 6.99.